The van der Waals surface area contributed by atoms with Crippen molar-refractivity contribution in [2.75, 3.05) is 39.6 Å². The van der Waals surface area contributed by atoms with Crippen molar-refractivity contribution in [3.05, 3.63) is 182 Å². The molecule has 0 heterocycles. The summed E-state index contributed by atoms with van der Waals surface area (Å²) in [6.45, 7) is 4.36. The van der Waals surface area contributed by atoms with Crippen LogP contribution in [0.3, 0.4) is 0 Å². The molecule has 0 saturated heterocycles. The van der Waals surface area contributed by atoms with Gasteiger partial charge in [0.2, 0.25) is 0 Å². The van der Waals surface area contributed by atoms with Crippen molar-refractivity contribution in [2.45, 2.75) is 329 Å². The number of hydrogen-bond donors (Lipinski definition) is 3. The van der Waals surface area contributed by atoms with Gasteiger partial charge in [0.25, 0.3) is 0 Å². The van der Waals surface area contributed by atoms with Gasteiger partial charge in [-0.15, -0.1) is 0 Å². The zero-order chi connectivity index (χ0) is 80.3. The van der Waals surface area contributed by atoms with E-state index in [-0.39, 0.29) is 25.7 Å². The Balaban J connectivity index is 5.47. The molecule has 0 aliphatic carbocycles. The molecule has 19 heteroatoms. The number of allylic oxidation sites excluding steroid dienone is 29. The van der Waals surface area contributed by atoms with Gasteiger partial charge in [-0.05, 0) is 161 Å². The van der Waals surface area contributed by atoms with E-state index >= 15 is 0 Å². The molecule has 5 atom stereocenters. The Morgan fingerprint density at radius 3 is 0.809 bits per heavy atom. The first-order valence-electron chi connectivity index (χ1n) is 42.0. The lowest BCUT2D eigenvalue weighted by Gasteiger charge is -2.21. The van der Waals surface area contributed by atoms with Crippen molar-refractivity contribution in [3.63, 3.8) is 0 Å². The zero-order valence-electron chi connectivity index (χ0n) is 68.4. The maximum atomic E-state index is 13.1. The highest BCUT2D eigenvalue weighted by molar-refractivity contribution is 7.47. The number of ether oxygens (including phenoxy) is 4. The third-order valence-electron chi connectivity index (χ3n) is 16.9. The highest BCUT2D eigenvalue weighted by atomic mass is 31.2. The molecule has 0 spiro atoms. The van der Waals surface area contributed by atoms with Gasteiger partial charge in [0.15, 0.2) is 12.2 Å². The Morgan fingerprint density at radius 2 is 0.509 bits per heavy atom. The molecule has 0 aliphatic rings. The lowest BCUT2D eigenvalue weighted by atomic mass is 10.1. The number of aliphatic hydroxyl groups is 1. The minimum absolute atomic E-state index is 0.0710. The van der Waals surface area contributed by atoms with Crippen LogP contribution in [0.1, 0.15) is 310 Å². The Labute approximate surface area is 666 Å². The predicted molar refractivity (Wildman–Crippen MR) is 454 cm³/mol. The molecule has 0 rings (SSSR count). The highest BCUT2D eigenvalue weighted by Gasteiger charge is 2.30. The van der Waals surface area contributed by atoms with Gasteiger partial charge in [0.1, 0.15) is 19.3 Å². The number of carbonyl (C=O) groups is 4. The van der Waals surface area contributed by atoms with Crippen molar-refractivity contribution in [2.24, 2.45) is 0 Å². The van der Waals surface area contributed by atoms with Crippen LogP contribution in [0.5, 0.6) is 0 Å². The maximum Gasteiger partial charge on any atom is 0.472 e. The van der Waals surface area contributed by atoms with Crippen molar-refractivity contribution in [1.82, 2.24) is 0 Å². The average molecular weight is 1580 g/mol. The van der Waals surface area contributed by atoms with Gasteiger partial charge in [-0.25, -0.2) is 9.13 Å². The predicted octanol–water partition coefficient (Wildman–Crippen LogP) is 25.1. The van der Waals surface area contributed by atoms with E-state index in [0.29, 0.717) is 25.7 Å². The summed E-state index contributed by atoms with van der Waals surface area (Å²) in [5, 5.41) is 10.7. The molecule has 0 radical (unpaired) electrons. The summed E-state index contributed by atoms with van der Waals surface area (Å²) >= 11 is 0. The number of aliphatic hydroxyl groups excluding tert-OH is 1. The van der Waals surface area contributed by atoms with Gasteiger partial charge >= 0.3 is 39.5 Å². The number of unbranched alkanes of at least 4 members (excludes halogenated alkanes) is 22. The Bertz CT molecular complexity index is 2800. The summed E-state index contributed by atoms with van der Waals surface area (Å²) in [6.07, 6.45) is 98.8. The van der Waals surface area contributed by atoms with E-state index in [1.54, 1.807) is 12.2 Å². The molecule has 0 bridgehead atoms. The van der Waals surface area contributed by atoms with E-state index in [1.165, 1.54) is 19.3 Å². The molecular weight excluding hydrogens is 1430 g/mol. The number of rotatable bonds is 77. The van der Waals surface area contributed by atoms with Crippen LogP contribution < -0.4 is 0 Å². The van der Waals surface area contributed by atoms with Crippen molar-refractivity contribution in [3.8, 4) is 0 Å². The molecule has 0 fully saturated rings. The summed E-state index contributed by atoms with van der Waals surface area (Å²) in [5.41, 5.74) is 0. The third-order valence-corrected chi connectivity index (χ3v) is 18.8. The summed E-state index contributed by atoms with van der Waals surface area (Å²) < 4.78 is 68.6. The zero-order valence-corrected chi connectivity index (χ0v) is 70.1. The van der Waals surface area contributed by atoms with E-state index in [1.807, 2.05) is 12.2 Å². The van der Waals surface area contributed by atoms with Gasteiger partial charge < -0.3 is 33.8 Å². The fourth-order valence-corrected chi connectivity index (χ4v) is 12.2. The van der Waals surface area contributed by atoms with Crippen molar-refractivity contribution in [1.29, 1.82) is 0 Å². The molecule has 5 unspecified atom stereocenters. The van der Waals surface area contributed by atoms with Crippen LogP contribution >= 0.6 is 15.6 Å². The normalized spacial score (nSPS) is 14.7. The van der Waals surface area contributed by atoms with E-state index in [2.05, 4.69) is 186 Å². The Hall–Kier alpha value is -5.84. The third kappa shape index (κ3) is 80.2. The second kappa shape index (κ2) is 81.2. The molecule has 0 aromatic heterocycles. The lowest BCUT2D eigenvalue weighted by Crippen LogP contribution is -2.30. The van der Waals surface area contributed by atoms with Crippen LogP contribution in [0.15, 0.2) is 182 Å². The number of phosphoric ester groups is 2. The summed E-state index contributed by atoms with van der Waals surface area (Å²) in [4.78, 5) is 73.2. The number of hydrogen-bond acceptors (Lipinski definition) is 15. The molecule has 624 valence electrons. The summed E-state index contributed by atoms with van der Waals surface area (Å²) in [5.74, 6) is -2.37. The average Bonchev–Trinajstić information content (AvgIpc) is 0.899. The highest BCUT2D eigenvalue weighted by Crippen LogP contribution is 2.45. The largest absolute Gasteiger partial charge is 0.472 e. The van der Waals surface area contributed by atoms with E-state index in [4.69, 9.17) is 37.0 Å². The van der Waals surface area contributed by atoms with Gasteiger partial charge in [0.05, 0.1) is 32.8 Å². The Kier molecular flexibility index (Phi) is 76.9. The molecule has 0 amide bonds. The molecule has 0 aliphatic heterocycles. The molecule has 110 heavy (non-hydrogen) atoms. The Morgan fingerprint density at radius 1 is 0.273 bits per heavy atom. The maximum absolute atomic E-state index is 13.1. The van der Waals surface area contributed by atoms with Crippen LogP contribution in [0, 0.1) is 0 Å². The van der Waals surface area contributed by atoms with Gasteiger partial charge in [-0.2, -0.15) is 0 Å². The van der Waals surface area contributed by atoms with Crippen LogP contribution in [-0.4, -0.2) is 96.7 Å². The lowest BCUT2D eigenvalue weighted by molar-refractivity contribution is -0.161. The van der Waals surface area contributed by atoms with Crippen LogP contribution in [0.2, 0.25) is 0 Å². The van der Waals surface area contributed by atoms with Crippen molar-refractivity contribution >= 4 is 39.5 Å². The van der Waals surface area contributed by atoms with Crippen LogP contribution in [0.4, 0.5) is 0 Å². The molecule has 17 nitrogen and oxygen atoms in total. The summed E-state index contributed by atoms with van der Waals surface area (Å²) in [6, 6.07) is 0. The van der Waals surface area contributed by atoms with Gasteiger partial charge in [0, 0.05) is 19.3 Å². The van der Waals surface area contributed by atoms with E-state index in [0.717, 1.165) is 212 Å². The molecule has 0 aromatic rings. The van der Waals surface area contributed by atoms with E-state index in [9.17, 15) is 43.2 Å². The fourth-order valence-electron chi connectivity index (χ4n) is 10.6. The smallest absolute Gasteiger partial charge is 0.462 e. The monoisotopic (exact) mass is 1580 g/mol. The SMILES string of the molecule is CC/C=C\C/C=C\C/C=C\C/C=C\C/C=C\CC(=O)OC(COC(=O)CCCCCCCC/C=C\C/C=C\C/C=C\CCCCC)COP(=O)(O)OCC(O)COP(=O)(O)OCC(COC(=O)CCCCCCCC/C=C\C/C=C\C/C=C\C/C=C\CC)OC(=O)CCCCCCCCC/C=C\C/C=C\C/C=C\CC. The minimum atomic E-state index is -5.02. The number of phosphoric acid groups is 2. The first-order chi connectivity index (χ1) is 53.7. The number of esters is 4. The first-order valence-corrected chi connectivity index (χ1v) is 45.0. The van der Waals surface area contributed by atoms with Gasteiger partial charge in [-0.1, -0.05) is 306 Å². The van der Waals surface area contributed by atoms with Crippen LogP contribution in [-0.2, 0) is 65.4 Å². The van der Waals surface area contributed by atoms with Crippen LogP contribution in [0.25, 0.3) is 0 Å². The number of carbonyl (C=O) groups excluding carboxylic acids is 4. The molecule has 0 saturated carbocycles. The van der Waals surface area contributed by atoms with E-state index < -0.39 is 97.5 Å². The first kappa shape index (κ1) is 104. The molecule has 0 aromatic carbocycles. The fraction of sp³-hybridized carbons (Fsp3) is 0.626. The van der Waals surface area contributed by atoms with Crippen molar-refractivity contribution < 1.29 is 80.2 Å². The minimum Gasteiger partial charge on any atom is -0.462 e. The second-order valence-corrected chi connectivity index (χ2v) is 30.2. The molecular formula is C91H148O17P2. The second-order valence-electron chi connectivity index (χ2n) is 27.3. The topological polar surface area (TPSA) is 237 Å². The molecule has 3 N–H and O–H groups in total. The van der Waals surface area contributed by atoms with Gasteiger partial charge in [-0.3, -0.25) is 37.3 Å². The standard InChI is InChI=1S/C91H148O17P2/c1-5-9-13-17-21-25-29-33-37-40-42-45-48-51-55-59-63-67-71-75-88(93)101-81-86(107-90(95)77-73-69-65-61-57-53-47-36-32-28-24-20-16-12-8-4)83-105-109(97,98)103-79-85(92)80-104-110(99,100)106-84-87(108-91(96)78-74-70-66-62-58-54-50-44-39-35-31-27-23-19-15-11-7-3)82-102-89(94)76-72-68-64-60-56-52-49-46-43-41-38-34-30-26-22-18-14-10-6-2/h10-12,14-16,21-28,33-39,42-43,45-47,57,61,69,73,85-87,92H,5-9,13,17-20,29-32,40-41,44,48-56,58-60,62-68,70-72,74-84H2,1-4H3,(H,97,98)(H,99,100)/b14-10-,15-11-,16-12-,25-21-,26-22-,27-23-,28-24-,37-33-,38-34-,39-35-,45-42-,46-43-,47-36-,61-57-,73-69-. The summed E-state index contributed by atoms with van der Waals surface area (Å²) in [7, 11) is -10.0. The quantitative estimate of drug-likeness (QED) is 0.0169.